The third-order valence-corrected chi connectivity index (χ3v) is 4.77. The zero-order valence-corrected chi connectivity index (χ0v) is 13.2. The van der Waals surface area contributed by atoms with Gasteiger partial charge in [-0.25, -0.2) is 4.98 Å². The number of nitrogens with one attached hydrogen (secondary N) is 1. The molecule has 1 heterocycles. The monoisotopic (exact) mass is 314 g/mol. The molecule has 5 heteroatoms. The molecule has 2 nitrogen and oxygen atoms in total. The van der Waals surface area contributed by atoms with E-state index < -0.39 is 0 Å². The van der Waals surface area contributed by atoms with E-state index in [0.717, 1.165) is 23.5 Å². The van der Waals surface area contributed by atoms with Crippen LogP contribution < -0.4 is 5.32 Å². The van der Waals surface area contributed by atoms with E-state index in [2.05, 4.69) is 17.2 Å². The van der Waals surface area contributed by atoms with Gasteiger partial charge in [-0.2, -0.15) is 0 Å². The van der Waals surface area contributed by atoms with Gasteiger partial charge in [0, 0.05) is 17.1 Å². The molecule has 0 aliphatic heterocycles. The average molecular weight is 315 g/mol. The Morgan fingerprint density at radius 2 is 2.16 bits per heavy atom. The van der Waals surface area contributed by atoms with Crippen molar-refractivity contribution in [2.45, 2.75) is 26.3 Å². The number of likely N-dealkylation sites (N-methyl/N-ethyl adjacent to an activating group) is 1. The number of rotatable bonds is 5. The van der Waals surface area contributed by atoms with Crippen LogP contribution in [0.4, 0.5) is 0 Å². The van der Waals surface area contributed by atoms with Gasteiger partial charge in [0.1, 0.15) is 0 Å². The van der Waals surface area contributed by atoms with Crippen molar-refractivity contribution in [3.8, 4) is 0 Å². The zero-order chi connectivity index (χ0) is 13.8. The Bertz CT molecular complexity index is 554. The van der Waals surface area contributed by atoms with E-state index in [4.69, 9.17) is 23.2 Å². The lowest BCUT2D eigenvalue weighted by molar-refractivity contribution is 0.557. The van der Waals surface area contributed by atoms with Crippen molar-refractivity contribution in [2.24, 2.45) is 0 Å². The first-order chi connectivity index (χ1) is 9.11. The number of aryl methyl sites for hydroxylation is 1. The van der Waals surface area contributed by atoms with E-state index in [1.165, 1.54) is 4.88 Å². The average Bonchev–Trinajstić information content (AvgIpc) is 2.81. The maximum absolute atomic E-state index is 6.26. The fourth-order valence-electron chi connectivity index (χ4n) is 1.98. The maximum atomic E-state index is 6.26. The Hall–Kier alpha value is -0.610. The van der Waals surface area contributed by atoms with Gasteiger partial charge in [0.05, 0.1) is 15.1 Å². The molecule has 0 bridgehead atoms. The minimum Gasteiger partial charge on any atom is -0.309 e. The van der Waals surface area contributed by atoms with Crippen LogP contribution in [-0.2, 0) is 6.42 Å². The molecule has 0 saturated heterocycles. The smallest absolute Gasteiger partial charge is 0.0897 e. The molecule has 0 aliphatic rings. The van der Waals surface area contributed by atoms with Crippen molar-refractivity contribution in [2.75, 3.05) is 6.54 Å². The highest BCUT2D eigenvalue weighted by molar-refractivity contribution is 7.11. The summed E-state index contributed by atoms with van der Waals surface area (Å²) in [4.78, 5) is 5.55. The molecular weight excluding hydrogens is 299 g/mol. The zero-order valence-electron chi connectivity index (χ0n) is 10.9. The molecule has 102 valence electrons. The molecule has 1 aromatic heterocycles. The standard InChI is InChI=1S/C14H16Cl2N2S/c1-3-17-12(13-8-18-9(2)19-13)7-10-5-4-6-11(15)14(10)16/h4-6,8,12,17H,3,7H2,1-2H3. The van der Waals surface area contributed by atoms with Crippen LogP contribution in [0.5, 0.6) is 0 Å². The highest BCUT2D eigenvalue weighted by atomic mass is 35.5. The van der Waals surface area contributed by atoms with Gasteiger partial charge in [0.2, 0.25) is 0 Å². The third kappa shape index (κ3) is 3.69. The Kier molecular flexibility index (Phi) is 5.22. The Balaban J connectivity index is 2.23. The van der Waals surface area contributed by atoms with Gasteiger partial charge >= 0.3 is 0 Å². The highest BCUT2D eigenvalue weighted by Gasteiger charge is 2.16. The second-order valence-electron chi connectivity index (χ2n) is 4.31. The fourth-order valence-corrected chi connectivity index (χ4v) is 3.24. The van der Waals surface area contributed by atoms with Crippen LogP contribution >= 0.6 is 34.5 Å². The lowest BCUT2D eigenvalue weighted by Gasteiger charge is -2.17. The van der Waals surface area contributed by atoms with Crippen molar-refractivity contribution in [1.82, 2.24) is 10.3 Å². The minimum atomic E-state index is 0.229. The molecule has 2 rings (SSSR count). The second kappa shape index (κ2) is 6.71. The molecule has 0 saturated carbocycles. The SMILES string of the molecule is CCNC(Cc1cccc(Cl)c1Cl)c1cnc(C)s1. The lowest BCUT2D eigenvalue weighted by Crippen LogP contribution is -2.22. The normalized spacial score (nSPS) is 12.6. The van der Waals surface area contributed by atoms with Crippen molar-refractivity contribution in [3.05, 3.63) is 49.9 Å². The van der Waals surface area contributed by atoms with Crippen molar-refractivity contribution < 1.29 is 0 Å². The quantitative estimate of drug-likeness (QED) is 0.868. The van der Waals surface area contributed by atoms with E-state index in [9.17, 15) is 0 Å². The summed E-state index contributed by atoms with van der Waals surface area (Å²) < 4.78 is 0. The minimum absolute atomic E-state index is 0.229. The molecule has 0 amide bonds. The van der Waals surface area contributed by atoms with Gasteiger partial charge in [-0.15, -0.1) is 11.3 Å². The molecule has 1 aromatic carbocycles. The fraction of sp³-hybridized carbons (Fsp3) is 0.357. The van der Waals surface area contributed by atoms with Gasteiger partial charge in [0.15, 0.2) is 0 Å². The molecule has 19 heavy (non-hydrogen) atoms. The number of aromatic nitrogens is 1. The van der Waals surface area contributed by atoms with Crippen LogP contribution in [-0.4, -0.2) is 11.5 Å². The number of benzene rings is 1. The van der Waals surface area contributed by atoms with Gasteiger partial charge in [-0.3, -0.25) is 0 Å². The van der Waals surface area contributed by atoms with E-state index in [-0.39, 0.29) is 6.04 Å². The third-order valence-electron chi connectivity index (χ3n) is 2.89. The van der Waals surface area contributed by atoms with E-state index in [0.29, 0.717) is 10.0 Å². The van der Waals surface area contributed by atoms with Crippen LogP contribution in [0.3, 0.4) is 0 Å². The molecule has 0 fully saturated rings. The van der Waals surface area contributed by atoms with Crippen LogP contribution in [0.1, 0.15) is 28.4 Å². The van der Waals surface area contributed by atoms with Crippen molar-refractivity contribution in [1.29, 1.82) is 0 Å². The summed E-state index contributed by atoms with van der Waals surface area (Å²) >= 11 is 14.0. The van der Waals surface area contributed by atoms with Crippen molar-refractivity contribution >= 4 is 34.5 Å². The predicted molar refractivity (Wildman–Crippen MR) is 83.4 cm³/mol. The Morgan fingerprint density at radius 1 is 1.37 bits per heavy atom. The summed E-state index contributed by atoms with van der Waals surface area (Å²) in [7, 11) is 0. The Morgan fingerprint density at radius 3 is 2.79 bits per heavy atom. The van der Waals surface area contributed by atoms with E-state index >= 15 is 0 Å². The number of halogens is 2. The molecule has 1 N–H and O–H groups in total. The van der Waals surface area contributed by atoms with Gasteiger partial charge in [-0.05, 0) is 31.5 Å². The summed E-state index contributed by atoms with van der Waals surface area (Å²) in [5, 5.41) is 5.81. The maximum Gasteiger partial charge on any atom is 0.0897 e. The lowest BCUT2D eigenvalue weighted by atomic mass is 10.0. The van der Waals surface area contributed by atoms with Crippen LogP contribution in [0.2, 0.25) is 10.0 Å². The topological polar surface area (TPSA) is 24.9 Å². The molecule has 0 radical (unpaired) electrons. The highest BCUT2D eigenvalue weighted by Crippen LogP contribution is 2.30. The van der Waals surface area contributed by atoms with Gasteiger partial charge in [-0.1, -0.05) is 42.3 Å². The van der Waals surface area contributed by atoms with Crippen LogP contribution in [0.25, 0.3) is 0 Å². The molecule has 2 aromatic rings. The van der Waals surface area contributed by atoms with Crippen molar-refractivity contribution in [3.63, 3.8) is 0 Å². The first kappa shape index (κ1) is 14.8. The molecule has 1 unspecified atom stereocenters. The first-order valence-electron chi connectivity index (χ1n) is 6.20. The van der Waals surface area contributed by atoms with Crippen LogP contribution in [0.15, 0.2) is 24.4 Å². The Labute approximate surface area is 127 Å². The summed E-state index contributed by atoms with van der Waals surface area (Å²) in [5.41, 5.74) is 1.06. The number of thiazole rings is 1. The summed E-state index contributed by atoms with van der Waals surface area (Å²) in [5.74, 6) is 0. The molecule has 0 spiro atoms. The van der Waals surface area contributed by atoms with E-state index in [1.54, 1.807) is 11.3 Å². The summed E-state index contributed by atoms with van der Waals surface area (Å²) in [6.45, 7) is 5.02. The van der Waals surface area contributed by atoms with Crippen LogP contribution in [0, 0.1) is 6.92 Å². The molecule has 0 aliphatic carbocycles. The van der Waals surface area contributed by atoms with E-state index in [1.807, 2.05) is 31.3 Å². The largest absolute Gasteiger partial charge is 0.309 e. The number of hydrogen-bond donors (Lipinski definition) is 1. The van der Waals surface area contributed by atoms with Gasteiger partial charge < -0.3 is 5.32 Å². The number of nitrogens with zero attached hydrogens (tertiary/aromatic N) is 1. The summed E-state index contributed by atoms with van der Waals surface area (Å²) in [6.07, 6.45) is 2.75. The first-order valence-corrected chi connectivity index (χ1v) is 7.77. The number of hydrogen-bond acceptors (Lipinski definition) is 3. The second-order valence-corrected chi connectivity index (χ2v) is 6.36. The molecule has 1 atom stereocenters. The molecular formula is C14H16Cl2N2S. The summed E-state index contributed by atoms with van der Waals surface area (Å²) in [6, 6.07) is 6.00. The predicted octanol–water partition coefficient (Wildman–Crippen LogP) is 4.65. The van der Waals surface area contributed by atoms with Gasteiger partial charge in [0.25, 0.3) is 0 Å².